The molecule has 0 saturated heterocycles. The molecular formula is C10H13N3O2. The monoisotopic (exact) mass is 207 g/mol. The lowest BCUT2D eigenvalue weighted by Gasteiger charge is -2.04. The number of hydrogen-bond donors (Lipinski definition) is 3. The van der Waals surface area contributed by atoms with E-state index in [0.29, 0.717) is 5.69 Å². The van der Waals surface area contributed by atoms with E-state index < -0.39 is 0 Å². The molecule has 1 aromatic rings. The van der Waals surface area contributed by atoms with Gasteiger partial charge in [0, 0.05) is 5.69 Å². The highest BCUT2D eigenvalue weighted by atomic mass is 16.4. The van der Waals surface area contributed by atoms with E-state index in [1.165, 1.54) is 0 Å². The third kappa shape index (κ3) is 3.68. The van der Waals surface area contributed by atoms with Crippen LogP contribution in [0, 0.1) is 6.92 Å². The molecule has 0 saturated carbocycles. The lowest BCUT2D eigenvalue weighted by Crippen LogP contribution is -2.21. The Balaban J connectivity index is 2.55. The largest absolute Gasteiger partial charge is 0.409 e. The first kappa shape index (κ1) is 11.0. The second-order valence-corrected chi connectivity index (χ2v) is 3.18. The van der Waals surface area contributed by atoms with Crippen molar-refractivity contribution in [1.82, 2.24) is 0 Å². The molecule has 1 rings (SSSR count). The number of rotatable bonds is 3. The Labute approximate surface area is 87.6 Å². The molecule has 0 bridgehead atoms. The number of nitrogens with two attached hydrogens (primary N) is 1. The highest BCUT2D eigenvalue weighted by Gasteiger charge is 2.04. The Morgan fingerprint density at radius 1 is 1.47 bits per heavy atom. The van der Waals surface area contributed by atoms with Gasteiger partial charge in [-0.15, -0.1) is 0 Å². The predicted octanol–water partition coefficient (Wildman–Crippen LogP) is 1.07. The van der Waals surface area contributed by atoms with Gasteiger partial charge in [-0.3, -0.25) is 4.79 Å². The molecule has 80 valence electrons. The molecule has 0 aromatic heterocycles. The van der Waals surface area contributed by atoms with Crippen LogP contribution in [-0.2, 0) is 4.79 Å². The number of oxime groups is 1. The Morgan fingerprint density at radius 3 is 2.60 bits per heavy atom. The van der Waals surface area contributed by atoms with Crippen molar-refractivity contribution in [3.63, 3.8) is 0 Å². The van der Waals surface area contributed by atoms with Gasteiger partial charge >= 0.3 is 0 Å². The number of nitrogens with zero attached hydrogens (tertiary/aromatic N) is 1. The number of benzene rings is 1. The van der Waals surface area contributed by atoms with Crippen LogP contribution < -0.4 is 11.1 Å². The number of hydrogen-bond acceptors (Lipinski definition) is 3. The minimum Gasteiger partial charge on any atom is -0.409 e. The van der Waals surface area contributed by atoms with Gasteiger partial charge in [-0.05, 0) is 19.1 Å². The molecule has 0 radical (unpaired) electrons. The van der Waals surface area contributed by atoms with Crippen molar-refractivity contribution in [2.75, 3.05) is 5.32 Å². The van der Waals surface area contributed by atoms with Crippen LogP contribution in [-0.4, -0.2) is 17.0 Å². The Bertz CT molecular complexity index is 371. The van der Waals surface area contributed by atoms with Gasteiger partial charge in [0.15, 0.2) is 0 Å². The van der Waals surface area contributed by atoms with Crippen LogP contribution in [0.4, 0.5) is 5.69 Å². The van der Waals surface area contributed by atoms with Crippen molar-refractivity contribution in [2.45, 2.75) is 13.3 Å². The molecule has 0 heterocycles. The average Bonchev–Trinajstić information content (AvgIpc) is 2.21. The molecule has 0 atom stereocenters. The van der Waals surface area contributed by atoms with Crippen molar-refractivity contribution in [1.29, 1.82) is 0 Å². The highest BCUT2D eigenvalue weighted by Crippen LogP contribution is 2.08. The fourth-order valence-corrected chi connectivity index (χ4v) is 1.04. The van der Waals surface area contributed by atoms with Crippen LogP contribution in [0.5, 0.6) is 0 Å². The first-order valence-corrected chi connectivity index (χ1v) is 4.44. The topological polar surface area (TPSA) is 87.7 Å². The predicted molar refractivity (Wildman–Crippen MR) is 57.8 cm³/mol. The SMILES string of the molecule is Cc1ccc(NC(=O)CC(N)=NO)cc1. The van der Waals surface area contributed by atoms with Gasteiger partial charge in [0.1, 0.15) is 5.84 Å². The summed E-state index contributed by atoms with van der Waals surface area (Å²) in [5.74, 6) is -0.422. The number of amides is 1. The summed E-state index contributed by atoms with van der Waals surface area (Å²) in [5, 5.41) is 13.6. The summed E-state index contributed by atoms with van der Waals surface area (Å²) >= 11 is 0. The van der Waals surface area contributed by atoms with E-state index >= 15 is 0 Å². The van der Waals surface area contributed by atoms with Gasteiger partial charge in [0.2, 0.25) is 5.91 Å². The van der Waals surface area contributed by atoms with Gasteiger partial charge in [0.25, 0.3) is 0 Å². The fourth-order valence-electron chi connectivity index (χ4n) is 1.04. The van der Waals surface area contributed by atoms with Gasteiger partial charge in [-0.25, -0.2) is 0 Å². The van der Waals surface area contributed by atoms with Crippen molar-refractivity contribution in [2.24, 2.45) is 10.9 Å². The molecular weight excluding hydrogens is 194 g/mol. The van der Waals surface area contributed by atoms with Gasteiger partial charge < -0.3 is 16.3 Å². The van der Waals surface area contributed by atoms with Crippen LogP contribution in [0.3, 0.4) is 0 Å². The zero-order valence-electron chi connectivity index (χ0n) is 8.40. The van der Waals surface area contributed by atoms with Crippen LogP contribution in [0.1, 0.15) is 12.0 Å². The van der Waals surface area contributed by atoms with Crippen LogP contribution in [0.15, 0.2) is 29.4 Å². The van der Waals surface area contributed by atoms with Crippen LogP contribution >= 0.6 is 0 Å². The summed E-state index contributed by atoms with van der Waals surface area (Å²) in [6.07, 6.45) is -0.121. The molecule has 4 N–H and O–H groups in total. The molecule has 0 aliphatic rings. The Morgan fingerprint density at radius 2 is 2.07 bits per heavy atom. The molecule has 5 nitrogen and oxygen atoms in total. The smallest absolute Gasteiger partial charge is 0.232 e. The lowest BCUT2D eigenvalue weighted by molar-refractivity contribution is -0.115. The van der Waals surface area contributed by atoms with Crippen LogP contribution in [0.2, 0.25) is 0 Å². The zero-order chi connectivity index (χ0) is 11.3. The number of aryl methyl sites for hydroxylation is 1. The van der Waals surface area contributed by atoms with E-state index in [-0.39, 0.29) is 18.2 Å². The normalized spacial score (nSPS) is 11.1. The molecule has 1 amide bonds. The van der Waals surface area contributed by atoms with Crippen molar-refractivity contribution in [3.05, 3.63) is 29.8 Å². The maximum atomic E-state index is 11.3. The molecule has 0 aliphatic carbocycles. The number of carbonyl (C=O) groups is 1. The molecule has 0 aliphatic heterocycles. The Hall–Kier alpha value is -2.04. The summed E-state index contributed by atoms with van der Waals surface area (Å²) in [6, 6.07) is 7.36. The van der Waals surface area contributed by atoms with Gasteiger partial charge in [-0.2, -0.15) is 0 Å². The molecule has 15 heavy (non-hydrogen) atoms. The maximum absolute atomic E-state index is 11.3. The van der Waals surface area contributed by atoms with E-state index in [1.807, 2.05) is 19.1 Å². The van der Waals surface area contributed by atoms with Crippen LogP contribution in [0.25, 0.3) is 0 Å². The quantitative estimate of drug-likeness (QED) is 0.300. The van der Waals surface area contributed by atoms with Gasteiger partial charge in [-0.1, -0.05) is 22.9 Å². The number of amidine groups is 1. The minimum absolute atomic E-state index is 0.111. The van der Waals surface area contributed by atoms with E-state index in [0.717, 1.165) is 5.56 Å². The number of carbonyl (C=O) groups excluding carboxylic acids is 1. The summed E-state index contributed by atoms with van der Waals surface area (Å²) in [4.78, 5) is 11.3. The third-order valence-corrected chi connectivity index (χ3v) is 1.81. The lowest BCUT2D eigenvalue weighted by atomic mass is 10.2. The summed E-state index contributed by atoms with van der Waals surface area (Å²) < 4.78 is 0. The standard InChI is InChI=1S/C10H13N3O2/c1-7-2-4-8(5-3-7)12-10(14)6-9(11)13-15/h2-5,15H,6H2,1H3,(H2,11,13)(H,12,14). The third-order valence-electron chi connectivity index (χ3n) is 1.81. The fraction of sp³-hybridized carbons (Fsp3) is 0.200. The first-order chi connectivity index (χ1) is 7.11. The van der Waals surface area contributed by atoms with Crippen molar-refractivity contribution >= 4 is 17.4 Å². The van der Waals surface area contributed by atoms with Crippen molar-refractivity contribution in [3.8, 4) is 0 Å². The summed E-state index contributed by atoms with van der Waals surface area (Å²) in [5.41, 5.74) is 7.00. The summed E-state index contributed by atoms with van der Waals surface area (Å²) in [7, 11) is 0. The molecule has 0 fully saturated rings. The first-order valence-electron chi connectivity index (χ1n) is 4.44. The average molecular weight is 207 g/mol. The second-order valence-electron chi connectivity index (χ2n) is 3.18. The molecule has 5 heteroatoms. The van der Waals surface area contributed by atoms with Gasteiger partial charge in [0.05, 0.1) is 6.42 Å². The minimum atomic E-state index is -0.311. The Kier molecular flexibility index (Phi) is 3.68. The van der Waals surface area contributed by atoms with E-state index in [2.05, 4.69) is 10.5 Å². The second kappa shape index (κ2) is 4.99. The van der Waals surface area contributed by atoms with E-state index in [9.17, 15) is 4.79 Å². The molecule has 0 spiro atoms. The zero-order valence-corrected chi connectivity index (χ0v) is 8.40. The highest BCUT2D eigenvalue weighted by molar-refractivity contribution is 6.04. The van der Waals surface area contributed by atoms with Crippen molar-refractivity contribution < 1.29 is 10.0 Å². The summed E-state index contributed by atoms with van der Waals surface area (Å²) in [6.45, 7) is 1.96. The van der Waals surface area contributed by atoms with E-state index in [4.69, 9.17) is 10.9 Å². The number of nitrogens with one attached hydrogen (secondary N) is 1. The maximum Gasteiger partial charge on any atom is 0.232 e. The molecule has 0 unspecified atom stereocenters. The van der Waals surface area contributed by atoms with E-state index in [1.54, 1.807) is 12.1 Å². The number of anilines is 1. The molecule has 1 aromatic carbocycles.